The molecule has 5 aromatic rings. The first-order valence-corrected chi connectivity index (χ1v) is 13.0. The molecule has 38 heavy (non-hydrogen) atoms. The van der Waals surface area contributed by atoms with E-state index in [9.17, 15) is 5.26 Å². The number of benzene rings is 2. The van der Waals surface area contributed by atoms with E-state index in [1.165, 1.54) is 11.8 Å². The summed E-state index contributed by atoms with van der Waals surface area (Å²) >= 11 is 8.08. The summed E-state index contributed by atoms with van der Waals surface area (Å²) in [6.45, 7) is 0.581. The minimum atomic E-state index is 0.0672. The van der Waals surface area contributed by atoms with Crippen molar-refractivity contribution in [3.05, 3.63) is 83.9 Å². The number of pyridine rings is 2. The fourth-order valence-electron chi connectivity index (χ4n) is 3.99. The van der Waals surface area contributed by atoms with Gasteiger partial charge in [-0.2, -0.15) is 5.26 Å². The molecule has 2 N–H and O–H groups in total. The maximum absolute atomic E-state index is 9.77. The van der Waals surface area contributed by atoms with Crippen LogP contribution in [0.1, 0.15) is 5.56 Å². The number of aryl methyl sites for hydroxylation is 1. The molecule has 8 nitrogen and oxygen atoms in total. The molecule has 190 valence electrons. The van der Waals surface area contributed by atoms with Gasteiger partial charge in [-0.1, -0.05) is 35.5 Å². The Hall–Kier alpha value is -4.10. The van der Waals surface area contributed by atoms with E-state index in [1.54, 1.807) is 18.6 Å². The van der Waals surface area contributed by atoms with E-state index < -0.39 is 0 Å². The number of hydrogen-bond acceptors (Lipinski definition) is 8. The van der Waals surface area contributed by atoms with Gasteiger partial charge in [-0.15, -0.1) is 0 Å². The van der Waals surface area contributed by atoms with Gasteiger partial charge in [0.25, 0.3) is 0 Å². The Balaban J connectivity index is 1.43. The number of likely N-dealkylation sites (N-methyl/N-ethyl adjacent to an activating group) is 1. The summed E-state index contributed by atoms with van der Waals surface area (Å²) in [6, 6.07) is 17.8. The van der Waals surface area contributed by atoms with Crippen LogP contribution in [0.25, 0.3) is 22.0 Å². The summed E-state index contributed by atoms with van der Waals surface area (Å²) in [5, 5.41) is 24.6. The minimum absolute atomic E-state index is 0.0672. The van der Waals surface area contributed by atoms with E-state index >= 15 is 0 Å². The first-order chi connectivity index (χ1) is 18.5. The van der Waals surface area contributed by atoms with Crippen LogP contribution in [0, 0.1) is 11.3 Å². The number of fused-ring (bicyclic) bond motifs is 1. The van der Waals surface area contributed by atoms with Crippen LogP contribution < -0.4 is 10.2 Å². The summed E-state index contributed by atoms with van der Waals surface area (Å²) in [5.74, 6) is 0.787. The van der Waals surface area contributed by atoms with Gasteiger partial charge in [0.15, 0.2) is 5.16 Å². The highest BCUT2D eigenvalue weighted by Gasteiger charge is 2.13. The largest absolute Gasteiger partial charge is 0.395 e. The summed E-state index contributed by atoms with van der Waals surface area (Å²) in [5.41, 5.74) is 4.52. The van der Waals surface area contributed by atoms with Crippen LogP contribution in [0.15, 0.2) is 83.4 Å². The van der Waals surface area contributed by atoms with Crippen LogP contribution in [0.3, 0.4) is 0 Å². The highest BCUT2D eigenvalue weighted by Crippen LogP contribution is 2.36. The van der Waals surface area contributed by atoms with Crippen molar-refractivity contribution in [2.24, 2.45) is 7.05 Å². The van der Waals surface area contributed by atoms with Crippen molar-refractivity contribution in [2.75, 3.05) is 30.4 Å². The summed E-state index contributed by atoms with van der Waals surface area (Å²) in [6.07, 6.45) is 7.02. The van der Waals surface area contributed by atoms with Gasteiger partial charge in [-0.3, -0.25) is 4.98 Å². The zero-order chi connectivity index (χ0) is 26.6. The molecule has 0 unspecified atom stereocenters. The number of aromatic nitrogens is 4. The zero-order valence-corrected chi connectivity index (χ0v) is 22.3. The number of aliphatic hydroxyl groups excluding tert-OH is 1. The maximum atomic E-state index is 9.77. The number of nitriles is 1. The first kappa shape index (κ1) is 25.5. The Labute approximate surface area is 229 Å². The molecule has 3 heterocycles. The predicted octanol–water partition coefficient (Wildman–Crippen LogP) is 5.88. The number of rotatable bonds is 8. The van der Waals surface area contributed by atoms with Crippen LogP contribution in [-0.4, -0.2) is 44.8 Å². The van der Waals surface area contributed by atoms with E-state index in [-0.39, 0.29) is 6.61 Å². The molecular weight excluding hydrogens is 518 g/mol. The topological polar surface area (TPSA) is 103 Å². The smallest absolute Gasteiger partial charge is 0.172 e. The predicted molar refractivity (Wildman–Crippen MR) is 152 cm³/mol. The Bertz CT molecular complexity index is 1650. The molecule has 10 heteroatoms. The molecule has 0 spiro atoms. The quantitative estimate of drug-likeness (QED) is 0.251. The van der Waals surface area contributed by atoms with E-state index in [0.29, 0.717) is 22.8 Å². The maximum Gasteiger partial charge on any atom is 0.172 e. The molecule has 3 aromatic heterocycles. The average molecular weight is 542 g/mol. The monoisotopic (exact) mass is 541 g/mol. The highest BCUT2D eigenvalue weighted by atomic mass is 35.5. The van der Waals surface area contributed by atoms with Crippen LogP contribution in [0.4, 0.5) is 17.2 Å². The van der Waals surface area contributed by atoms with Gasteiger partial charge < -0.3 is 19.9 Å². The molecular formula is C28H24ClN7OS. The molecule has 0 amide bonds. The van der Waals surface area contributed by atoms with Crippen molar-refractivity contribution in [2.45, 2.75) is 10.1 Å². The van der Waals surface area contributed by atoms with E-state index in [0.717, 1.165) is 43.6 Å². The lowest BCUT2D eigenvalue weighted by atomic mass is 10.0. The lowest BCUT2D eigenvalue weighted by molar-refractivity contribution is 0.304. The fraction of sp³-hybridized carbons (Fsp3) is 0.143. The number of hydrogen-bond donors (Lipinski definition) is 2. The van der Waals surface area contributed by atoms with Gasteiger partial charge in [0, 0.05) is 67.0 Å². The third-order valence-electron chi connectivity index (χ3n) is 6.08. The molecule has 0 aliphatic heterocycles. The number of nitrogens with one attached hydrogen (secondary N) is 1. The van der Waals surface area contributed by atoms with Crippen molar-refractivity contribution in [1.82, 2.24) is 19.5 Å². The van der Waals surface area contributed by atoms with Crippen LogP contribution >= 0.6 is 23.4 Å². The second kappa shape index (κ2) is 11.1. The van der Waals surface area contributed by atoms with Crippen molar-refractivity contribution in [3.63, 3.8) is 0 Å². The molecule has 0 bridgehead atoms. The lowest BCUT2D eigenvalue weighted by Gasteiger charge is -2.17. The summed E-state index contributed by atoms with van der Waals surface area (Å²) < 4.78 is 1.93. The first-order valence-electron chi connectivity index (χ1n) is 11.8. The van der Waals surface area contributed by atoms with Crippen LogP contribution in [0.2, 0.25) is 5.02 Å². The number of aliphatic hydroxyl groups is 1. The second-order valence-corrected chi connectivity index (χ2v) is 10.1. The third kappa shape index (κ3) is 5.29. The molecule has 0 aliphatic carbocycles. The second-order valence-electron chi connectivity index (χ2n) is 8.63. The Morgan fingerprint density at radius 3 is 2.61 bits per heavy atom. The average Bonchev–Trinajstić information content (AvgIpc) is 3.34. The van der Waals surface area contributed by atoms with Crippen molar-refractivity contribution in [1.29, 1.82) is 5.26 Å². The van der Waals surface area contributed by atoms with Gasteiger partial charge in [-0.05, 0) is 42.0 Å². The van der Waals surface area contributed by atoms with Crippen molar-refractivity contribution >= 4 is 51.5 Å². The third-order valence-corrected chi connectivity index (χ3v) is 7.65. The Morgan fingerprint density at radius 1 is 1.08 bits per heavy atom. The van der Waals surface area contributed by atoms with Crippen LogP contribution in [-0.2, 0) is 7.05 Å². The Kier molecular flexibility index (Phi) is 7.47. The highest BCUT2D eigenvalue weighted by molar-refractivity contribution is 7.99. The molecule has 0 saturated heterocycles. The number of anilines is 3. The molecule has 0 aliphatic rings. The standard InChI is InChI=1S/C28H24ClN7OS/c1-35(11-12-37)26-8-4-19(16-33-26)18-3-6-22-24(13-18)32-17-20(15-30)27(22)34-21-5-7-25(23(29)14-21)38-28-31-9-10-36(28)2/h3-10,13-14,16-17,37H,11-12H2,1-2H3,(H,32,34). The number of halogens is 1. The van der Waals surface area contributed by atoms with Gasteiger partial charge in [0.2, 0.25) is 0 Å². The van der Waals surface area contributed by atoms with E-state index in [2.05, 4.69) is 26.3 Å². The van der Waals surface area contributed by atoms with Crippen LogP contribution in [0.5, 0.6) is 0 Å². The molecule has 0 fully saturated rings. The normalized spacial score (nSPS) is 10.9. The molecule has 2 aromatic carbocycles. The SMILES string of the molecule is CN(CCO)c1ccc(-c2ccc3c(Nc4ccc(Sc5nccn5C)c(Cl)c4)c(C#N)cnc3c2)cn1. The summed E-state index contributed by atoms with van der Waals surface area (Å²) in [4.78, 5) is 16.2. The fourth-order valence-corrected chi connectivity index (χ4v) is 5.10. The van der Waals surface area contributed by atoms with Crippen molar-refractivity contribution < 1.29 is 5.11 Å². The number of nitrogens with zero attached hydrogens (tertiary/aromatic N) is 6. The van der Waals surface area contributed by atoms with E-state index in [4.69, 9.17) is 16.7 Å². The zero-order valence-electron chi connectivity index (χ0n) is 20.8. The van der Waals surface area contributed by atoms with E-state index in [1.807, 2.05) is 78.3 Å². The molecule has 5 rings (SSSR count). The van der Waals surface area contributed by atoms with Gasteiger partial charge in [0.1, 0.15) is 11.9 Å². The number of imidazole rings is 1. The molecule has 0 radical (unpaired) electrons. The Morgan fingerprint density at radius 2 is 1.92 bits per heavy atom. The molecule has 0 atom stereocenters. The summed E-state index contributed by atoms with van der Waals surface area (Å²) in [7, 11) is 3.82. The van der Waals surface area contributed by atoms with Gasteiger partial charge >= 0.3 is 0 Å². The molecule has 0 saturated carbocycles. The van der Waals surface area contributed by atoms with Gasteiger partial charge in [0.05, 0.1) is 28.4 Å². The lowest BCUT2D eigenvalue weighted by Crippen LogP contribution is -2.21. The van der Waals surface area contributed by atoms with Gasteiger partial charge in [-0.25, -0.2) is 9.97 Å². The van der Waals surface area contributed by atoms with Crippen molar-refractivity contribution in [3.8, 4) is 17.2 Å². The minimum Gasteiger partial charge on any atom is -0.395 e.